The van der Waals surface area contributed by atoms with Crippen molar-refractivity contribution in [2.24, 2.45) is 5.73 Å². The maximum absolute atomic E-state index is 12.8. The second-order valence-corrected chi connectivity index (χ2v) is 5.97. The molecule has 0 heterocycles. The van der Waals surface area contributed by atoms with Crippen LogP contribution in [0.4, 0.5) is 10.1 Å². The van der Waals surface area contributed by atoms with Gasteiger partial charge in [0.25, 0.3) is 0 Å². The summed E-state index contributed by atoms with van der Waals surface area (Å²) in [5.74, 6) is -0.314. The third kappa shape index (κ3) is 3.96. The first-order valence-corrected chi connectivity index (χ1v) is 7.58. The SMILES string of the molecule is CCN(c1ccc(F)cc1)S(=O)(=O)CCCCN. The van der Waals surface area contributed by atoms with Crippen molar-refractivity contribution in [3.8, 4) is 0 Å². The van der Waals surface area contributed by atoms with Crippen LogP contribution < -0.4 is 10.0 Å². The molecule has 1 aromatic rings. The number of hydrogen-bond donors (Lipinski definition) is 1. The van der Waals surface area contributed by atoms with Crippen molar-refractivity contribution in [2.75, 3.05) is 23.1 Å². The van der Waals surface area contributed by atoms with Gasteiger partial charge in [-0.25, -0.2) is 12.8 Å². The second-order valence-electron chi connectivity index (χ2n) is 3.95. The number of halogens is 1. The standard InChI is InChI=1S/C12H19FN2O2S/c1-2-15(12-7-5-11(13)6-8-12)18(16,17)10-4-3-9-14/h5-8H,2-4,9-10,14H2,1H3. The van der Waals surface area contributed by atoms with E-state index in [-0.39, 0.29) is 11.6 Å². The highest BCUT2D eigenvalue weighted by Gasteiger charge is 2.20. The van der Waals surface area contributed by atoms with Crippen molar-refractivity contribution >= 4 is 15.7 Å². The summed E-state index contributed by atoms with van der Waals surface area (Å²) in [4.78, 5) is 0. The van der Waals surface area contributed by atoms with Crippen LogP contribution >= 0.6 is 0 Å². The summed E-state index contributed by atoms with van der Waals surface area (Å²) in [7, 11) is -3.36. The number of rotatable bonds is 7. The van der Waals surface area contributed by atoms with Gasteiger partial charge in [-0.2, -0.15) is 0 Å². The zero-order valence-electron chi connectivity index (χ0n) is 10.5. The average molecular weight is 274 g/mol. The van der Waals surface area contributed by atoms with Gasteiger partial charge >= 0.3 is 0 Å². The molecule has 6 heteroatoms. The van der Waals surface area contributed by atoms with Crippen LogP contribution in [0.3, 0.4) is 0 Å². The molecule has 0 spiro atoms. The molecule has 0 radical (unpaired) electrons. The quantitative estimate of drug-likeness (QED) is 0.770. The fourth-order valence-corrected chi connectivity index (χ4v) is 3.31. The van der Waals surface area contributed by atoms with Gasteiger partial charge in [0.15, 0.2) is 0 Å². The summed E-state index contributed by atoms with van der Waals surface area (Å²) in [6.07, 6.45) is 1.22. The highest BCUT2D eigenvalue weighted by atomic mass is 32.2. The summed E-state index contributed by atoms with van der Waals surface area (Å²) in [6.45, 7) is 2.57. The number of hydrogen-bond acceptors (Lipinski definition) is 3. The molecule has 18 heavy (non-hydrogen) atoms. The van der Waals surface area contributed by atoms with E-state index < -0.39 is 10.0 Å². The molecule has 0 aliphatic heterocycles. The molecule has 0 amide bonds. The van der Waals surface area contributed by atoms with Crippen LogP contribution in [-0.4, -0.2) is 27.3 Å². The fourth-order valence-electron chi connectivity index (χ4n) is 1.69. The molecule has 0 fully saturated rings. The number of anilines is 1. The van der Waals surface area contributed by atoms with Gasteiger partial charge in [-0.3, -0.25) is 4.31 Å². The number of benzene rings is 1. The highest BCUT2D eigenvalue weighted by Crippen LogP contribution is 2.19. The number of sulfonamides is 1. The summed E-state index contributed by atoms with van der Waals surface area (Å²) in [6, 6.07) is 5.46. The van der Waals surface area contributed by atoms with Crippen molar-refractivity contribution in [3.05, 3.63) is 30.1 Å². The van der Waals surface area contributed by atoms with E-state index in [0.29, 0.717) is 31.6 Å². The van der Waals surface area contributed by atoms with Crippen LogP contribution in [0, 0.1) is 5.82 Å². The van der Waals surface area contributed by atoms with Crippen molar-refractivity contribution in [1.29, 1.82) is 0 Å². The van der Waals surface area contributed by atoms with E-state index in [1.807, 2.05) is 0 Å². The minimum atomic E-state index is -3.36. The molecule has 2 N–H and O–H groups in total. The van der Waals surface area contributed by atoms with Gasteiger partial charge < -0.3 is 5.73 Å². The first kappa shape index (κ1) is 14.9. The molecule has 0 aliphatic carbocycles. The molecule has 0 bridgehead atoms. The molecular weight excluding hydrogens is 255 g/mol. The normalized spacial score (nSPS) is 11.5. The Hall–Kier alpha value is -1.14. The minimum absolute atomic E-state index is 0.0649. The van der Waals surface area contributed by atoms with E-state index in [0.717, 1.165) is 0 Å². The molecule has 0 unspecified atom stereocenters. The van der Waals surface area contributed by atoms with E-state index >= 15 is 0 Å². The van der Waals surface area contributed by atoms with Gasteiger partial charge in [0, 0.05) is 6.54 Å². The summed E-state index contributed by atoms with van der Waals surface area (Å²) in [5, 5.41) is 0. The second kappa shape index (κ2) is 6.70. The molecule has 0 atom stereocenters. The Balaban J connectivity index is 2.85. The van der Waals surface area contributed by atoms with Gasteiger partial charge in [-0.15, -0.1) is 0 Å². The number of nitrogens with two attached hydrogens (primary N) is 1. The fraction of sp³-hybridized carbons (Fsp3) is 0.500. The number of unbranched alkanes of at least 4 members (excludes halogenated alkanes) is 1. The molecule has 0 aliphatic rings. The van der Waals surface area contributed by atoms with E-state index in [1.54, 1.807) is 6.92 Å². The minimum Gasteiger partial charge on any atom is -0.330 e. The monoisotopic (exact) mass is 274 g/mol. The van der Waals surface area contributed by atoms with Crippen LogP contribution in [0.1, 0.15) is 19.8 Å². The third-order valence-electron chi connectivity index (χ3n) is 2.59. The summed E-state index contributed by atoms with van der Waals surface area (Å²) < 4.78 is 38.3. The van der Waals surface area contributed by atoms with Crippen molar-refractivity contribution < 1.29 is 12.8 Å². The van der Waals surface area contributed by atoms with E-state index in [9.17, 15) is 12.8 Å². The lowest BCUT2D eigenvalue weighted by Crippen LogP contribution is -2.33. The van der Waals surface area contributed by atoms with E-state index in [2.05, 4.69) is 0 Å². The Morgan fingerprint density at radius 2 is 1.83 bits per heavy atom. The zero-order valence-corrected chi connectivity index (χ0v) is 11.3. The predicted octanol–water partition coefficient (Wildman–Crippen LogP) is 1.72. The van der Waals surface area contributed by atoms with Crippen LogP contribution in [0.15, 0.2) is 24.3 Å². The first-order chi connectivity index (χ1) is 8.51. The summed E-state index contributed by atoms with van der Waals surface area (Å²) >= 11 is 0. The lowest BCUT2D eigenvalue weighted by atomic mass is 10.3. The topological polar surface area (TPSA) is 63.4 Å². The largest absolute Gasteiger partial charge is 0.330 e. The van der Waals surface area contributed by atoms with Crippen molar-refractivity contribution in [2.45, 2.75) is 19.8 Å². The molecule has 0 aromatic heterocycles. The molecule has 1 rings (SSSR count). The summed E-state index contributed by atoms with van der Waals surface area (Å²) in [5.41, 5.74) is 5.84. The van der Waals surface area contributed by atoms with Crippen LogP contribution in [-0.2, 0) is 10.0 Å². The van der Waals surface area contributed by atoms with Crippen LogP contribution in [0.2, 0.25) is 0 Å². The molecule has 0 saturated heterocycles. The van der Waals surface area contributed by atoms with Crippen molar-refractivity contribution in [1.82, 2.24) is 0 Å². The molecule has 102 valence electrons. The van der Waals surface area contributed by atoms with Crippen LogP contribution in [0.5, 0.6) is 0 Å². The maximum atomic E-state index is 12.8. The Kier molecular flexibility index (Phi) is 5.55. The maximum Gasteiger partial charge on any atom is 0.235 e. The van der Waals surface area contributed by atoms with Gasteiger partial charge in [-0.05, 0) is 50.6 Å². The Morgan fingerprint density at radius 1 is 1.22 bits per heavy atom. The Labute approximate surface area is 108 Å². The molecular formula is C12H19FN2O2S. The third-order valence-corrected chi connectivity index (χ3v) is 4.54. The van der Waals surface area contributed by atoms with E-state index in [4.69, 9.17) is 5.73 Å². The van der Waals surface area contributed by atoms with Crippen LogP contribution in [0.25, 0.3) is 0 Å². The smallest absolute Gasteiger partial charge is 0.235 e. The van der Waals surface area contributed by atoms with Gasteiger partial charge in [0.1, 0.15) is 5.82 Å². The predicted molar refractivity (Wildman–Crippen MR) is 71.5 cm³/mol. The molecule has 4 nitrogen and oxygen atoms in total. The Bertz CT molecular complexity index is 459. The average Bonchev–Trinajstić information content (AvgIpc) is 2.32. The molecule has 1 aromatic carbocycles. The highest BCUT2D eigenvalue weighted by molar-refractivity contribution is 7.92. The lowest BCUT2D eigenvalue weighted by Gasteiger charge is -2.22. The number of nitrogens with zero attached hydrogens (tertiary/aromatic N) is 1. The van der Waals surface area contributed by atoms with Gasteiger partial charge in [0.2, 0.25) is 10.0 Å². The molecule has 0 saturated carbocycles. The van der Waals surface area contributed by atoms with E-state index in [1.165, 1.54) is 28.6 Å². The van der Waals surface area contributed by atoms with Crippen molar-refractivity contribution in [3.63, 3.8) is 0 Å². The van der Waals surface area contributed by atoms with Gasteiger partial charge in [-0.1, -0.05) is 0 Å². The van der Waals surface area contributed by atoms with Gasteiger partial charge in [0.05, 0.1) is 11.4 Å². The lowest BCUT2D eigenvalue weighted by molar-refractivity contribution is 0.587. The first-order valence-electron chi connectivity index (χ1n) is 5.97. The Morgan fingerprint density at radius 3 is 2.33 bits per heavy atom. The zero-order chi connectivity index (χ0) is 13.6.